The summed E-state index contributed by atoms with van der Waals surface area (Å²) in [6.45, 7) is 16.8. The summed E-state index contributed by atoms with van der Waals surface area (Å²) in [5.74, 6) is 3.31. The minimum atomic E-state index is 0.393. The number of fused-ring (bicyclic) bond motifs is 5. The standard InChI is InChI=1S/C28H44/c1-6-7-8-9-11-22-15-17-28(5)23(19-22)18-20(2)26-24(28)12-10-16-27(4)21(3)13-14-25(26)27/h11,23-26H,2-3,6-10,12-19H2,1,4-5H3/b22-11+/t23?,24?,25?,26?,27-,28+/m1/s1. The van der Waals surface area contributed by atoms with Crippen molar-refractivity contribution in [2.45, 2.75) is 104 Å². The van der Waals surface area contributed by atoms with E-state index >= 15 is 0 Å². The first-order valence-electron chi connectivity index (χ1n) is 12.4. The zero-order valence-electron chi connectivity index (χ0n) is 19.0. The average Bonchev–Trinajstić information content (AvgIpc) is 2.85. The third-order valence-corrected chi connectivity index (χ3v) is 9.96. The maximum atomic E-state index is 4.74. The summed E-state index contributed by atoms with van der Waals surface area (Å²) >= 11 is 0. The second-order valence-electron chi connectivity index (χ2n) is 11.3. The highest BCUT2D eigenvalue weighted by Crippen LogP contribution is 2.66. The second-order valence-corrected chi connectivity index (χ2v) is 11.3. The molecule has 0 aromatic carbocycles. The van der Waals surface area contributed by atoms with Crippen molar-refractivity contribution in [2.75, 3.05) is 0 Å². The molecule has 0 nitrogen and oxygen atoms in total. The monoisotopic (exact) mass is 380 g/mol. The highest BCUT2D eigenvalue weighted by atomic mass is 14.6. The van der Waals surface area contributed by atoms with E-state index in [4.69, 9.17) is 6.58 Å². The molecule has 0 heteroatoms. The van der Waals surface area contributed by atoms with E-state index in [1.165, 1.54) is 83.5 Å². The van der Waals surface area contributed by atoms with Crippen molar-refractivity contribution in [3.8, 4) is 0 Å². The van der Waals surface area contributed by atoms with Crippen LogP contribution >= 0.6 is 0 Å². The first kappa shape index (κ1) is 20.5. The van der Waals surface area contributed by atoms with Crippen molar-refractivity contribution in [3.05, 3.63) is 36.0 Å². The Balaban J connectivity index is 1.55. The van der Waals surface area contributed by atoms with Crippen molar-refractivity contribution < 1.29 is 0 Å². The zero-order chi connectivity index (χ0) is 19.9. The summed E-state index contributed by atoms with van der Waals surface area (Å²) in [7, 11) is 0. The molecule has 4 saturated carbocycles. The van der Waals surface area contributed by atoms with Crippen LogP contribution in [0.2, 0.25) is 0 Å². The molecule has 0 aliphatic heterocycles. The fraction of sp³-hybridized carbons (Fsp3) is 0.786. The Morgan fingerprint density at radius 2 is 1.82 bits per heavy atom. The van der Waals surface area contributed by atoms with E-state index < -0.39 is 0 Å². The Morgan fingerprint density at radius 1 is 1.00 bits per heavy atom. The molecule has 0 heterocycles. The number of unbranched alkanes of at least 4 members (excludes halogenated alkanes) is 3. The molecule has 0 bridgehead atoms. The predicted molar refractivity (Wildman–Crippen MR) is 122 cm³/mol. The largest absolute Gasteiger partial charge is 0.0995 e. The van der Waals surface area contributed by atoms with Crippen LogP contribution in [0.4, 0.5) is 0 Å². The van der Waals surface area contributed by atoms with Crippen molar-refractivity contribution in [2.24, 2.45) is 34.5 Å². The first-order valence-corrected chi connectivity index (χ1v) is 12.4. The van der Waals surface area contributed by atoms with Crippen molar-refractivity contribution in [1.82, 2.24) is 0 Å². The highest BCUT2D eigenvalue weighted by Gasteiger charge is 2.57. The van der Waals surface area contributed by atoms with Gasteiger partial charge >= 0.3 is 0 Å². The molecule has 156 valence electrons. The maximum absolute atomic E-state index is 4.74. The minimum Gasteiger partial charge on any atom is -0.0995 e. The predicted octanol–water partition coefficient (Wildman–Crippen LogP) is 8.65. The molecule has 0 aromatic heterocycles. The quantitative estimate of drug-likeness (QED) is 0.338. The molecular weight excluding hydrogens is 336 g/mol. The lowest BCUT2D eigenvalue weighted by Crippen LogP contribution is -2.49. The molecule has 0 spiro atoms. The highest BCUT2D eigenvalue weighted by molar-refractivity contribution is 5.27. The van der Waals surface area contributed by atoms with E-state index in [-0.39, 0.29) is 0 Å². The summed E-state index contributed by atoms with van der Waals surface area (Å²) < 4.78 is 0. The van der Waals surface area contributed by atoms with Crippen LogP contribution in [0.25, 0.3) is 0 Å². The third-order valence-electron chi connectivity index (χ3n) is 9.96. The summed E-state index contributed by atoms with van der Waals surface area (Å²) in [5.41, 5.74) is 5.89. The Hall–Kier alpha value is -0.780. The van der Waals surface area contributed by atoms with Crippen LogP contribution in [0.1, 0.15) is 104 Å². The molecule has 4 unspecified atom stereocenters. The molecule has 4 fully saturated rings. The van der Waals surface area contributed by atoms with E-state index in [2.05, 4.69) is 33.4 Å². The van der Waals surface area contributed by atoms with Crippen LogP contribution < -0.4 is 0 Å². The molecule has 0 aromatic rings. The van der Waals surface area contributed by atoms with Gasteiger partial charge in [0, 0.05) is 0 Å². The fourth-order valence-corrected chi connectivity index (χ4v) is 8.01. The molecule has 4 aliphatic carbocycles. The lowest BCUT2D eigenvalue weighted by Gasteiger charge is -2.57. The van der Waals surface area contributed by atoms with Gasteiger partial charge in [-0.05, 0) is 98.7 Å². The van der Waals surface area contributed by atoms with Crippen molar-refractivity contribution in [3.63, 3.8) is 0 Å². The lowest BCUT2D eigenvalue weighted by atomic mass is 9.48. The summed E-state index contributed by atoms with van der Waals surface area (Å²) in [6, 6.07) is 0. The third kappa shape index (κ3) is 3.27. The van der Waals surface area contributed by atoms with E-state index in [0.29, 0.717) is 10.8 Å². The molecule has 0 N–H and O–H groups in total. The molecule has 4 aliphatic rings. The molecule has 0 radical (unpaired) electrons. The van der Waals surface area contributed by atoms with E-state index in [0.717, 1.165) is 23.7 Å². The Morgan fingerprint density at radius 3 is 2.61 bits per heavy atom. The SMILES string of the molecule is C=C1CC2C/C(=C/CCCCC)CC[C@]2(C)C2CCC[C@]3(C)C(=C)CCC3C12. The smallest absolute Gasteiger partial charge is 0.00849 e. The van der Waals surface area contributed by atoms with Crippen LogP contribution in [0.5, 0.6) is 0 Å². The first-order chi connectivity index (χ1) is 13.4. The minimum absolute atomic E-state index is 0.393. The van der Waals surface area contributed by atoms with Crippen LogP contribution in [-0.4, -0.2) is 0 Å². The van der Waals surface area contributed by atoms with Crippen molar-refractivity contribution in [1.29, 1.82) is 0 Å². The molecule has 0 amide bonds. The lowest BCUT2D eigenvalue weighted by molar-refractivity contribution is -0.0201. The zero-order valence-corrected chi connectivity index (χ0v) is 19.0. The number of hydrogen-bond donors (Lipinski definition) is 0. The number of rotatable bonds is 4. The molecule has 4 rings (SSSR count). The molecular formula is C28H44. The van der Waals surface area contributed by atoms with Gasteiger partial charge in [-0.25, -0.2) is 0 Å². The van der Waals surface area contributed by atoms with Crippen LogP contribution in [0, 0.1) is 34.5 Å². The van der Waals surface area contributed by atoms with Gasteiger partial charge in [0.1, 0.15) is 0 Å². The van der Waals surface area contributed by atoms with Crippen molar-refractivity contribution >= 4 is 0 Å². The average molecular weight is 381 g/mol. The second kappa shape index (κ2) is 7.81. The normalized spacial score (nSPS) is 44.8. The topological polar surface area (TPSA) is 0 Å². The van der Waals surface area contributed by atoms with Gasteiger partial charge in [0.2, 0.25) is 0 Å². The van der Waals surface area contributed by atoms with Crippen LogP contribution in [0.15, 0.2) is 36.0 Å². The Labute approximate surface area is 175 Å². The van der Waals surface area contributed by atoms with E-state index in [1.807, 2.05) is 0 Å². The number of hydrogen-bond acceptors (Lipinski definition) is 0. The van der Waals surface area contributed by atoms with Gasteiger partial charge in [0.05, 0.1) is 0 Å². The van der Waals surface area contributed by atoms with Gasteiger partial charge in [-0.3, -0.25) is 0 Å². The van der Waals surface area contributed by atoms with Gasteiger partial charge in [-0.15, -0.1) is 0 Å². The fourth-order valence-electron chi connectivity index (χ4n) is 8.01. The molecule has 6 atom stereocenters. The van der Waals surface area contributed by atoms with Gasteiger partial charge in [0.25, 0.3) is 0 Å². The summed E-state index contributed by atoms with van der Waals surface area (Å²) in [4.78, 5) is 0. The van der Waals surface area contributed by atoms with Gasteiger partial charge in [-0.1, -0.05) is 76.0 Å². The Kier molecular flexibility index (Phi) is 5.71. The van der Waals surface area contributed by atoms with Crippen LogP contribution in [-0.2, 0) is 0 Å². The van der Waals surface area contributed by atoms with E-state index in [9.17, 15) is 0 Å². The van der Waals surface area contributed by atoms with Gasteiger partial charge in [-0.2, -0.15) is 0 Å². The summed E-state index contributed by atoms with van der Waals surface area (Å²) in [5, 5.41) is 0. The summed E-state index contributed by atoms with van der Waals surface area (Å²) in [6.07, 6.45) is 20.3. The van der Waals surface area contributed by atoms with Crippen LogP contribution in [0.3, 0.4) is 0 Å². The van der Waals surface area contributed by atoms with Gasteiger partial charge in [0.15, 0.2) is 0 Å². The Bertz CT molecular complexity index is 651. The van der Waals surface area contributed by atoms with Gasteiger partial charge < -0.3 is 0 Å². The number of allylic oxidation sites excluding steroid dienone is 4. The van der Waals surface area contributed by atoms with E-state index in [1.54, 1.807) is 16.7 Å². The maximum Gasteiger partial charge on any atom is -0.00849 e. The molecule has 0 saturated heterocycles. The molecule has 28 heavy (non-hydrogen) atoms.